The molecule has 0 saturated carbocycles. The van der Waals surface area contributed by atoms with Crippen LogP contribution in [0.5, 0.6) is 17.2 Å². The Labute approximate surface area is 273 Å². The van der Waals surface area contributed by atoms with Crippen LogP contribution in [0.4, 0.5) is 4.39 Å². The van der Waals surface area contributed by atoms with Crippen molar-refractivity contribution >= 4 is 23.6 Å². The standard InChI is InChI=1S/C36H37ClFN3O5/c1-4-44-34(42)14-12-27-21-39-33(41(27)22-24-7-5-8-28(19-24)43-3)23-40-17-15-25(16-18-40)29-9-6-10-32-35(29)46-36(2,45-32)30-13-11-26(37)20-31(30)38/h5-14,19-21,25H,4,15-18,22-23H2,1-3H3/b14-12+. The maximum absolute atomic E-state index is 14.9. The first kappa shape index (κ1) is 31.6. The monoisotopic (exact) mass is 645 g/mol. The van der Waals surface area contributed by atoms with E-state index >= 15 is 0 Å². The number of hydrogen-bond acceptors (Lipinski definition) is 7. The summed E-state index contributed by atoms with van der Waals surface area (Å²) >= 11 is 5.99. The summed E-state index contributed by atoms with van der Waals surface area (Å²) < 4.78 is 40.1. The Morgan fingerprint density at radius 3 is 2.67 bits per heavy atom. The number of carbonyl (C=O) groups excluding carboxylic acids is 1. The number of piperidine rings is 1. The fourth-order valence-corrected chi connectivity index (χ4v) is 6.37. The molecule has 10 heteroatoms. The number of nitrogens with zero attached hydrogens (tertiary/aromatic N) is 3. The lowest BCUT2D eigenvalue weighted by Gasteiger charge is -2.32. The number of imidazole rings is 1. The first-order valence-corrected chi connectivity index (χ1v) is 15.8. The van der Waals surface area contributed by atoms with Crippen LogP contribution in [-0.2, 0) is 28.4 Å². The first-order chi connectivity index (χ1) is 22.3. The largest absolute Gasteiger partial charge is 0.497 e. The van der Waals surface area contributed by atoms with Crippen molar-refractivity contribution in [3.8, 4) is 17.2 Å². The highest BCUT2D eigenvalue weighted by Crippen LogP contribution is 2.49. The van der Waals surface area contributed by atoms with Crippen LogP contribution in [0.1, 0.15) is 60.8 Å². The van der Waals surface area contributed by atoms with Gasteiger partial charge in [-0.2, -0.15) is 0 Å². The van der Waals surface area contributed by atoms with E-state index in [1.807, 2.05) is 36.4 Å². The van der Waals surface area contributed by atoms with E-state index in [9.17, 15) is 9.18 Å². The molecule has 6 rings (SSSR count). The second-order valence-electron chi connectivity index (χ2n) is 11.6. The zero-order valence-electron chi connectivity index (χ0n) is 26.2. The minimum absolute atomic E-state index is 0.256. The lowest BCUT2D eigenvalue weighted by atomic mass is 9.88. The minimum atomic E-state index is -1.28. The van der Waals surface area contributed by atoms with Crippen LogP contribution < -0.4 is 14.2 Å². The molecule has 46 heavy (non-hydrogen) atoms. The van der Waals surface area contributed by atoms with E-state index < -0.39 is 11.6 Å². The summed E-state index contributed by atoms with van der Waals surface area (Å²) in [4.78, 5) is 19.2. The molecule has 0 radical (unpaired) electrons. The number of aromatic nitrogens is 2. The van der Waals surface area contributed by atoms with Gasteiger partial charge in [0.2, 0.25) is 0 Å². The number of halogens is 2. The van der Waals surface area contributed by atoms with Crippen molar-refractivity contribution in [2.75, 3.05) is 26.8 Å². The van der Waals surface area contributed by atoms with E-state index in [4.69, 9.17) is 35.5 Å². The molecular formula is C36H37ClFN3O5. The highest BCUT2D eigenvalue weighted by Gasteiger charge is 2.43. The van der Waals surface area contributed by atoms with Gasteiger partial charge in [0.25, 0.3) is 5.79 Å². The maximum atomic E-state index is 14.9. The van der Waals surface area contributed by atoms with Gasteiger partial charge < -0.3 is 23.5 Å². The quantitative estimate of drug-likeness (QED) is 0.132. The average Bonchev–Trinajstić information content (AvgIpc) is 3.60. The van der Waals surface area contributed by atoms with Crippen LogP contribution in [0.2, 0.25) is 5.02 Å². The van der Waals surface area contributed by atoms with Crippen molar-refractivity contribution in [1.29, 1.82) is 0 Å². The summed E-state index contributed by atoms with van der Waals surface area (Å²) in [7, 11) is 1.65. The van der Waals surface area contributed by atoms with Crippen molar-refractivity contribution in [3.05, 3.63) is 112 Å². The SMILES string of the molecule is CCOC(=O)/C=C/c1cnc(CN2CCC(c3cccc4c3OC(C)(c3ccc(Cl)cc3F)O4)CC2)n1Cc1cccc(OC)c1. The molecule has 2 aliphatic rings. The van der Waals surface area contributed by atoms with Crippen molar-refractivity contribution in [3.63, 3.8) is 0 Å². The summed E-state index contributed by atoms with van der Waals surface area (Å²) in [5.41, 5.74) is 3.25. The van der Waals surface area contributed by atoms with Crippen LogP contribution >= 0.6 is 11.6 Å². The van der Waals surface area contributed by atoms with E-state index in [2.05, 4.69) is 15.5 Å². The van der Waals surface area contributed by atoms with Crippen LogP contribution in [0.25, 0.3) is 6.08 Å². The van der Waals surface area contributed by atoms with Gasteiger partial charge in [-0.1, -0.05) is 35.9 Å². The summed E-state index contributed by atoms with van der Waals surface area (Å²) in [6, 6.07) is 18.4. The number of methoxy groups -OCH3 is 1. The lowest BCUT2D eigenvalue weighted by Crippen LogP contribution is -2.34. The predicted molar refractivity (Wildman–Crippen MR) is 174 cm³/mol. The Morgan fingerprint density at radius 2 is 1.91 bits per heavy atom. The molecule has 3 heterocycles. The molecule has 0 spiro atoms. The van der Waals surface area contributed by atoms with Gasteiger partial charge in [0, 0.05) is 30.1 Å². The van der Waals surface area contributed by atoms with Crippen LogP contribution in [-0.4, -0.2) is 47.2 Å². The summed E-state index contributed by atoms with van der Waals surface area (Å²) in [5.74, 6) is 1.08. The molecule has 8 nitrogen and oxygen atoms in total. The topological polar surface area (TPSA) is 75.0 Å². The highest BCUT2D eigenvalue weighted by atomic mass is 35.5. The third kappa shape index (κ3) is 6.76. The molecule has 1 aromatic heterocycles. The molecule has 240 valence electrons. The van der Waals surface area contributed by atoms with Gasteiger partial charge in [-0.25, -0.2) is 14.2 Å². The molecule has 3 aromatic carbocycles. The number of rotatable bonds is 10. The van der Waals surface area contributed by atoms with Gasteiger partial charge in [-0.15, -0.1) is 0 Å². The van der Waals surface area contributed by atoms with E-state index in [0.29, 0.717) is 41.8 Å². The molecule has 0 bridgehead atoms. The minimum Gasteiger partial charge on any atom is -0.497 e. The number of carbonyl (C=O) groups is 1. The molecule has 4 aromatic rings. The Bertz CT molecular complexity index is 1750. The number of para-hydroxylation sites is 1. The maximum Gasteiger partial charge on any atom is 0.330 e. The summed E-state index contributed by atoms with van der Waals surface area (Å²) in [6.45, 7) is 6.78. The van der Waals surface area contributed by atoms with Crippen LogP contribution in [0.3, 0.4) is 0 Å². The number of hydrogen-bond donors (Lipinski definition) is 0. The van der Waals surface area contributed by atoms with Gasteiger partial charge in [-0.05, 0) is 86.8 Å². The molecular weight excluding hydrogens is 609 g/mol. The molecule has 1 atom stereocenters. The van der Waals surface area contributed by atoms with Crippen molar-refractivity contribution < 1.29 is 28.1 Å². The molecule has 1 unspecified atom stereocenters. The first-order valence-electron chi connectivity index (χ1n) is 15.5. The van der Waals surface area contributed by atoms with E-state index in [1.54, 1.807) is 45.4 Å². The molecule has 0 amide bonds. The van der Waals surface area contributed by atoms with E-state index in [-0.39, 0.29) is 11.9 Å². The van der Waals surface area contributed by atoms with E-state index in [1.165, 1.54) is 12.1 Å². The smallest absolute Gasteiger partial charge is 0.330 e. The fourth-order valence-electron chi connectivity index (χ4n) is 6.21. The van der Waals surface area contributed by atoms with Crippen molar-refractivity contribution in [2.45, 2.75) is 51.5 Å². The normalized spacial score (nSPS) is 18.3. The number of likely N-dealkylation sites (tertiary alicyclic amines) is 1. The zero-order valence-corrected chi connectivity index (χ0v) is 26.9. The summed E-state index contributed by atoms with van der Waals surface area (Å²) in [5, 5.41) is 0.319. The second kappa shape index (κ2) is 13.6. The fraction of sp³-hybridized carbons (Fsp3) is 0.333. The average molecular weight is 646 g/mol. The third-order valence-electron chi connectivity index (χ3n) is 8.54. The van der Waals surface area contributed by atoms with Gasteiger partial charge >= 0.3 is 5.97 Å². The summed E-state index contributed by atoms with van der Waals surface area (Å²) in [6.07, 6.45) is 6.82. The number of esters is 1. The predicted octanol–water partition coefficient (Wildman–Crippen LogP) is 7.33. The van der Waals surface area contributed by atoms with Gasteiger partial charge in [0.05, 0.1) is 37.7 Å². The second-order valence-corrected chi connectivity index (χ2v) is 12.1. The number of benzene rings is 3. The molecule has 1 fully saturated rings. The van der Waals surface area contributed by atoms with Gasteiger partial charge in [0.15, 0.2) is 11.5 Å². The molecule has 0 aliphatic carbocycles. The van der Waals surface area contributed by atoms with Crippen LogP contribution in [0.15, 0.2) is 72.9 Å². The van der Waals surface area contributed by atoms with Crippen molar-refractivity contribution in [2.24, 2.45) is 0 Å². The van der Waals surface area contributed by atoms with Crippen LogP contribution in [0, 0.1) is 5.82 Å². The lowest BCUT2D eigenvalue weighted by molar-refractivity contribution is -0.137. The third-order valence-corrected chi connectivity index (χ3v) is 8.78. The Kier molecular flexibility index (Phi) is 9.33. The molecule has 1 saturated heterocycles. The number of fused-ring (bicyclic) bond motifs is 1. The molecule has 0 N–H and O–H groups in total. The highest BCUT2D eigenvalue weighted by molar-refractivity contribution is 6.30. The van der Waals surface area contributed by atoms with Gasteiger partial charge in [0.1, 0.15) is 17.4 Å². The Hall–Kier alpha value is -4.34. The van der Waals surface area contributed by atoms with E-state index in [0.717, 1.165) is 54.3 Å². The number of ether oxygens (including phenoxy) is 4. The zero-order chi connectivity index (χ0) is 32.3. The van der Waals surface area contributed by atoms with Crippen molar-refractivity contribution in [1.82, 2.24) is 14.5 Å². The Morgan fingerprint density at radius 1 is 1.11 bits per heavy atom. The Balaban J connectivity index is 1.16. The molecule has 2 aliphatic heterocycles. The van der Waals surface area contributed by atoms with Gasteiger partial charge in [-0.3, -0.25) is 4.90 Å².